The number of esters is 1. The lowest BCUT2D eigenvalue weighted by Crippen LogP contribution is -2.40. The van der Waals surface area contributed by atoms with Gasteiger partial charge in [0.1, 0.15) is 0 Å². The van der Waals surface area contributed by atoms with Crippen LogP contribution in [0.15, 0.2) is 51.4 Å². The maximum atomic E-state index is 13.9. The second-order valence-corrected chi connectivity index (χ2v) is 9.35. The molecule has 206 valence electrons. The van der Waals surface area contributed by atoms with Crippen molar-refractivity contribution in [3.05, 3.63) is 72.4 Å². The average Bonchev–Trinajstić information content (AvgIpc) is 3.25. The summed E-state index contributed by atoms with van der Waals surface area (Å²) in [6.07, 6.45) is 1.71. The number of fused-ring (bicyclic) bond motifs is 1. The van der Waals surface area contributed by atoms with Crippen molar-refractivity contribution in [2.75, 3.05) is 42.2 Å². The Bertz CT molecular complexity index is 1620. The Morgan fingerprint density at radius 2 is 1.62 bits per heavy atom. The van der Waals surface area contributed by atoms with Crippen LogP contribution in [0.4, 0.5) is 0 Å². The fourth-order valence-corrected chi connectivity index (χ4v) is 5.55. The number of carbonyl (C=O) groups is 1. The van der Waals surface area contributed by atoms with E-state index in [0.717, 1.165) is 0 Å². The molecular weight excluding hydrogens is 524 g/mol. The molecule has 1 aliphatic heterocycles. The van der Waals surface area contributed by atoms with Crippen molar-refractivity contribution in [2.45, 2.75) is 19.9 Å². The van der Waals surface area contributed by atoms with Crippen LogP contribution in [0.5, 0.6) is 28.7 Å². The molecule has 2 heterocycles. The fraction of sp³-hybridized carbons (Fsp3) is 0.321. The van der Waals surface area contributed by atoms with Gasteiger partial charge >= 0.3 is 5.97 Å². The molecule has 4 rings (SSSR count). The minimum absolute atomic E-state index is 0.178. The lowest BCUT2D eigenvalue weighted by atomic mass is 9.95. The summed E-state index contributed by atoms with van der Waals surface area (Å²) in [7, 11) is 7.63. The van der Waals surface area contributed by atoms with Crippen LogP contribution in [0.25, 0.3) is 6.08 Å². The summed E-state index contributed by atoms with van der Waals surface area (Å²) in [5, 5.41) is 0. The summed E-state index contributed by atoms with van der Waals surface area (Å²) < 4.78 is 34.6. The van der Waals surface area contributed by atoms with Gasteiger partial charge in [0.2, 0.25) is 5.75 Å². The first-order valence-electron chi connectivity index (χ1n) is 12.0. The highest BCUT2D eigenvalue weighted by Crippen LogP contribution is 2.40. The SMILES string of the molecule is CCOC(=O)C1=C(C)N=c2s/c(=C\c3ccc(OC)c(OC)c3OC)c(=O)n2[C@@H]1c1ccc(OC)c(OC)c1. The number of benzene rings is 2. The van der Waals surface area contributed by atoms with Gasteiger partial charge in [-0.05, 0) is 49.8 Å². The van der Waals surface area contributed by atoms with E-state index in [0.29, 0.717) is 54.9 Å². The van der Waals surface area contributed by atoms with Crippen molar-refractivity contribution in [2.24, 2.45) is 4.99 Å². The Kier molecular flexibility index (Phi) is 8.29. The number of hydrogen-bond donors (Lipinski definition) is 0. The maximum Gasteiger partial charge on any atom is 0.338 e. The first kappa shape index (κ1) is 27.8. The third-order valence-electron chi connectivity index (χ3n) is 6.26. The topological polar surface area (TPSA) is 107 Å². The third kappa shape index (κ3) is 4.97. The normalized spacial score (nSPS) is 14.8. The molecule has 1 atom stereocenters. The molecule has 0 spiro atoms. The molecule has 10 nitrogen and oxygen atoms in total. The van der Waals surface area contributed by atoms with Gasteiger partial charge in [-0.3, -0.25) is 9.36 Å². The van der Waals surface area contributed by atoms with E-state index in [9.17, 15) is 9.59 Å². The first-order chi connectivity index (χ1) is 18.8. The zero-order valence-electron chi connectivity index (χ0n) is 22.8. The average molecular weight is 555 g/mol. The highest BCUT2D eigenvalue weighted by Gasteiger charge is 2.34. The largest absolute Gasteiger partial charge is 0.493 e. The molecular formula is C28H30N2O8S. The lowest BCUT2D eigenvalue weighted by molar-refractivity contribution is -0.139. The molecule has 0 bridgehead atoms. The first-order valence-corrected chi connectivity index (χ1v) is 12.9. The number of nitrogens with zero attached hydrogens (tertiary/aromatic N) is 2. The molecule has 1 aliphatic rings. The Labute approximate surface area is 229 Å². The number of carbonyl (C=O) groups excluding carboxylic acids is 1. The summed E-state index contributed by atoms with van der Waals surface area (Å²) in [4.78, 5) is 32.1. The van der Waals surface area contributed by atoms with Crippen molar-refractivity contribution in [3.63, 3.8) is 0 Å². The second-order valence-electron chi connectivity index (χ2n) is 8.34. The van der Waals surface area contributed by atoms with Crippen molar-refractivity contribution in [3.8, 4) is 28.7 Å². The molecule has 0 N–H and O–H groups in total. The van der Waals surface area contributed by atoms with Gasteiger partial charge in [0, 0.05) is 5.56 Å². The number of thiazole rings is 1. The molecule has 0 saturated carbocycles. The second kappa shape index (κ2) is 11.6. The van der Waals surface area contributed by atoms with E-state index >= 15 is 0 Å². The standard InChI is InChI=1S/C28H30N2O8S/c1-8-38-27(32)22-15(2)29-28-30(23(22)16-9-11-18(33-3)20(13-16)35-5)26(31)21(39-28)14-17-10-12-19(34-4)25(37-7)24(17)36-6/h9-14,23H,8H2,1-7H3/b21-14-/t23-/m1/s1. The monoisotopic (exact) mass is 554 g/mol. The van der Waals surface area contributed by atoms with Gasteiger partial charge in [0.25, 0.3) is 5.56 Å². The number of ether oxygens (including phenoxy) is 6. The summed E-state index contributed by atoms with van der Waals surface area (Å²) in [5.74, 6) is 1.76. The molecule has 0 unspecified atom stereocenters. The Hall–Kier alpha value is -4.25. The molecule has 1 aromatic heterocycles. The molecule has 3 aromatic rings. The molecule has 39 heavy (non-hydrogen) atoms. The quantitative estimate of drug-likeness (QED) is 0.372. The van der Waals surface area contributed by atoms with Crippen LogP contribution in [0, 0.1) is 0 Å². The van der Waals surface area contributed by atoms with E-state index in [2.05, 4.69) is 4.99 Å². The number of hydrogen-bond acceptors (Lipinski definition) is 10. The van der Waals surface area contributed by atoms with E-state index in [1.54, 1.807) is 50.3 Å². The van der Waals surface area contributed by atoms with Gasteiger partial charge in [-0.2, -0.15) is 0 Å². The van der Waals surface area contributed by atoms with Crippen molar-refractivity contribution in [1.82, 2.24) is 4.57 Å². The zero-order valence-corrected chi connectivity index (χ0v) is 23.6. The van der Waals surface area contributed by atoms with Gasteiger partial charge in [0.15, 0.2) is 27.8 Å². The van der Waals surface area contributed by atoms with Crippen molar-refractivity contribution < 1.29 is 33.2 Å². The fourth-order valence-electron chi connectivity index (χ4n) is 4.51. The smallest absolute Gasteiger partial charge is 0.338 e. The highest BCUT2D eigenvalue weighted by atomic mass is 32.1. The molecule has 2 aromatic carbocycles. The van der Waals surface area contributed by atoms with Crippen molar-refractivity contribution >= 4 is 23.4 Å². The summed E-state index contributed by atoms with van der Waals surface area (Å²) in [6, 6.07) is 7.99. The van der Waals surface area contributed by atoms with Gasteiger partial charge in [-0.15, -0.1) is 0 Å². The predicted molar refractivity (Wildman–Crippen MR) is 146 cm³/mol. The molecule has 0 radical (unpaired) electrons. The van der Waals surface area contributed by atoms with Gasteiger partial charge in [-0.1, -0.05) is 17.4 Å². The molecule has 11 heteroatoms. The zero-order chi connectivity index (χ0) is 28.3. The maximum absolute atomic E-state index is 13.9. The summed E-state index contributed by atoms with van der Waals surface area (Å²) >= 11 is 1.20. The van der Waals surface area contributed by atoms with E-state index < -0.39 is 12.0 Å². The van der Waals surface area contributed by atoms with Gasteiger partial charge in [0.05, 0.1) is 64.0 Å². The van der Waals surface area contributed by atoms with Crippen LogP contribution in [0.2, 0.25) is 0 Å². The van der Waals surface area contributed by atoms with Gasteiger partial charge in [-0.25, -0.2) is 9.79 Å². The minimum atomic E-state index is -0.797. The van der Waals surface area contributed by atoms with Crippen LogP contribution >= 0.6 is 11.3 Å². The summed E-state index contributed by atoms with van der Waals surface area (Å²) in [5.41, 5.74) is 1.66. The Balaban J connectivity index is 1.99. The Morgan fingerprint density at radius 1 is 0.949 bits per heavy atom. The lowest BCUT2D eigenvalue weighted by Gasteiger charge is -2.25. The molecule has 0 saturated heterocycles. The van der Waals surface area contributed by atoms with Crippen LogP contribution < -0.4 is 38.6 Å². The summed E-state index contributed by atoms with van der Waals surface area (Å²) in [6.45, 7) is 3.64. The van der Waals surface area contributed by atoms with Crippen molar-refractivity contribution in [1.29, 1.82) is 0 Å². The van der Waals surface area contributed by atoms with E-state index in [-0.39, 0.29) is 17.7 Å². The van der Waals surface area contributed by atoms with Crippen LogP contribution in [0.3, 0.4) is 0 Å². The van der Waals surface area contributed by atoms with E-state index in [1.807, 2.05) is 0 Å². The van der Waals surface area contributed by atoms with Crippen LogP contribution in [-0.2, 0) is 9.53 Å². The number of rotatable bonds is 9. The molecule has 0 aliphatic carbocycles. The number of allylic oxidation sites excluding steroid dienone is 1. The van der Waals surface area contributed by atoms with Crippen LogP contribution in [0.1, 0.15) is 31.0 Å². The van der Waals surface area contributed by atoms with Gasteiger partial charge < -0.3 is 28.4 Å². The number of aromatic nitrogens is 1. The number of methoxy groups -OCH3 is 5. The third-order valence-corrected chi connectivity index (χ3v) is 7.24. The predicted octanol–water partition coefficient (Wildman–Crippen LogP) is 2.84. The Morgan fingerprint density at radius 3 is 2.23 bits per heavy atom. The van der Waals surface area contributed by atoms with E-state index in [4.69, 9.17) is 28.4 Å². The molecule has 0 fully saturated rings. The molecule has 0 amide bonds. The highest BCUT2D eigenvalue weighted by molar-refractivity contribution is 7.07. The van der Waals surface area contributed by atoms with E-state index in [1.165, 1.54) is 51.5 Å². The minimum Gasteiger partial charge on any atom is -0.493 e. The van der Waals surface area contributed by atoms with Crippen LogP contribution in [-0.4, -0.2) is 52.7 Å².